The summed E-state index contributed by atoms with van der Waals surface area (Å²) in [5.41, 5.74) is 1.35. The monoisotopic (exact) mass is 512 g/mol. The molecule has 0 fully saturated rings. The maximum Gasteiger partial charge on any atom is 0.296 e. The summed E-state index contributed by atoms with van der Waals surface area (Å²) in [5.74, 6) is 0.200. The van der Waals surface area contributed by atoms with E-state index in [1.54, 1.807) is 17.7 Å². The normalized spacial score (nSPS) is 11.7. The van der Waals surface area contributed by atoms with E-state index in [0.717, 1.165) is 17.3 Å². The number of carbonyl (C=O) groups excluding carboxylic acids is 2. The van der Waals surface area contributed by atoms with Crippen molar-refractivity contribution in [1.29, 1.82) is 0 Å². The van der Waals surface area contributed by atoms with Crippen molar-refractivity contribution in [2.45, 2.75) is 32.0 Å². The number of aryl methyl sites for hydroxylation is 1. The van der Waals surface area contributed by atoms with Crippen molar-refractivity contribution in [2.24, 2.45) is 13.0 Å². The third-order valence-corrected chi connectivity index (χ3v) is 6.41. The first-order chi connectivity index (χ1) is 17.1. The minimum Gasteiger partial charge on any atom is -0.496 e. The van der Waals surface area contributed by atoms with Gasteiger partial charge in [-0.3, -0.25) is 19.7 Å². The number of anilines is 1. The second-order valence-electron chi connectivity index (χ2n) is 8.44. The highest BCUT2D eigenvalue weighted by Gasteiger charge is 2.26. The van der Waals surface area contributed by atoms with Crippen LogP contribution in [0.5, 0.6) is 5.75 Å². The van der Waals surface area contributed by atoms with Crippen LogP contribution in [-0.4, -0.2) is 44.4 Å². The lowest BCUT2D eigenvalue weighted by atomic mass is 10.0. The lowest BCUT2D eigenvalue weighted by Crippen LogP contribution is -2.33. The lowest BCUT2D eigenvalue weighted by molar-refractivity contribution is -0.384. The second kappa shape index (κ2) is 11.7. The Balaban J connectivity index is 1.69. The summed E-state index contributed by atoms with van der Waals surface area (Å²) >= 11 is 1.13. The van der Waals surface area contributed by atoms with Crippen LogP contribution in [0.2, 0.25) is 0 Å². The number of nitro benzene ring substituents is 1. The predicted molar refractivity (Wildman–Crippen MR) is 136 cm³/mol. The zero-order valence-corrected chi connectivity index (χ0v) is 21.5. The number of amides is 2. The van der Waals surface area contributed by atoms with E-state index in [0.29, 0.717) is 22.3 Å². The molecule has 11 nitrogen and oxygen atoms in total. The van der Waals surface area contributed by atoms with Gasteiger partial charge in [0, 0.05) is 12.6 Å². The summed E-state index contributed by atoms with van der Waals surface area (Å²) in [5, 5.41) is 25.8. The van der Waals surface area contributed by atoms with Crippen molar-refractivity contribution in [2.75, 3.05) is 18.2 Å². The van der Waals surface area contributed by atoms with Crippen molar-refractivity contribution >= 4 is 35.0 Å². The Hall–Kier alpha value is -3.93. The highest BCUT2D eigenvalue weighted by atomic mass is 32.2. The number of benzene rings is 2. The average molecular weight is 513 g/mol. The van der Waals surface area contributed by atoms with Crippen molar-refractivity contribution in [3.63, 3.8) is 0 Å². The van der Waals surface area contributed by atoms with E-state index in [1.165, 1.54) is 25.3 Å². The third kappa shape index (κ3) is 6.39. The molecule has 1 aromatic heterocycles. The molecule has 0 aliphatic rings. The van der Waals surface area contributed by atoms with E-state index >= 15 is 0 Å². The van der Waals surface area contributed by atoms with Crippen LogP contribution < -0.4 is 15.4 Å². The van der Waals surface area contributed by atoms with Gasteiger partial charge in [-0.05, 0) is 37.1 Å². The Labute approximate surface area is 212 Å². The van der Waals surface area contributed by atoms with Crippen LogP contribution in [0.15, 0.2) is 47.6 Å². The van der Waals surface area contributed by atoms with Crippen LogP contribution in [0.4, 0.5) is 11.4 Å². The van der Waals surface area contributed by atoms with Crippen LogP contribution in [0.1, 0.15) is 41.6 Å². The molecule has 0 aliphatic carbocycles. The molecule has 0 unspecified atom stereocenters. The third-order valence-electron chi connectivity index (χ3n) is 5.39. The quantitative estimate of drug-likeness (QED) is 0.237. The minimum absolute atomic E-state index is 0.0263. The first kappa shape index (κ1) is 26.7. The Morgan fingerprint density at radius 3 is 2.58 bits per heavy atom. The Morgan fingerprint density at radius 2 is 1.94 bits per heavy atom. The van der Waals surface area contributed by atoms with Gasteiger partial charge < -0.3 is 19.9 Å². The number of hydrogen-bond donors (Lipinski definition) is 2. The van der Waals surface area contributed by atoms with Gasteiger partial charge in [0.05, 0.1) is 29.9 Å². The fourth-order valence-corrected chi connectivity index (χ4v) is 4.19. The van der Waals surface area contributed by atoms with Crippen LogP contribution in [0.3, 0.4) is 0 Å². The van der Waals surface area contributed by atoms with Gasteiger partial charge in [-0.2, -0.15) is 0 Å². The number of nitrogens with zero attached hydrogens (tertiary/aromatic N) is 4. The van der Waals surface area contributed by atoms with Gasteiger partial charge in [-0.25, -0.2) is 0 Å². The summed E-state index contributed by atoms with van der Waals surface area (Å²) in [7, 11) is 3.17. The number of thioether (sulfide) groups is 1. The van der Waals surface area contributed by atoms with Gasteiger partial charge in [0.25, 0.3) is 11.6 Å². The summed E-state index contributed by atoms with van der Waals surface area (Å²) in [4.78, 5) is 36.1. The summed E-state index contributed by atoms with van der Waals surface area (Å²) in [6, 6.07) is 11.1. The van der Waals surface area contributed by atoms with Crippen molar-refractivity contribution < 1.29 is 19.2 Å². The van der Waals surface area contributed by atoms with E-state index in [9.17, 15) is 19.7 Å². The molecule has 0 radical (unpaired) electrons. The average Bonchev–Trinajstić information content (AvgIpc) is 3.20. The lowest BCUT2D eigenvalue weighted by Gasteiger charge is -2.21. The van der Waals surface area contributed by atoms with Gasteiger partial charge in [0.1, 0.15) is 11.4 Å². The summed E-state index contributed by atoms with van der Waals surface area (Å²) < 4.78 is 6.74. The Kier molecular flexibility index (Phi) is 8.64. The number of nitro groups is 1. The molecule has 12 heteroatoms. The van der Waals surface area contributed by atoms with Crippen molar-refractivity contribution in [3.8, 4) is 5.75 Å². The molecule has 0 saturated heterocycles. The molecular formula is C24H28N6O5S. The largest absolute Gasteiger partial charge is 0.496 e. The molecule has 1 atom stereocenters. The second-order valence-corrected chi connectivity index (χ2v) is 9.38. The number of rotatable bonds is 10. The fourth-order valence-electron chi connectivity index (χ4n) is 3.47. The van der Waals surface area contributed by atoms with Gasteiger partial charge in [0.15, 0.2) is 11.0 Å². The van der Waals surface area contributed by atoms with Crippen LogP contribution in [0, 0.1) is 23.0 Å². The number of nitrogens with one attached hydrogen (secondary N) is 2. The maximum atomic E-state index is 12.8. The van der Waals surface area contributed by atoms with Gasteiger partial charge in [0.2, 0.25) is 5.91 Å². The number of ether oxygens (including phenoxy) is 1. The van der Waals surface area contributed by atoms with Gasteiger partial charge in [-0.15, -0.1) is 10.2 Å². The zero-order valence-electron chi connectivity index (χ0n) is 20.6. The molecule has 2 amide bonds. The van der Waals surface area contributed by atoms with Crippen LogP contribution in [0.25, 0.3) is 0 Å². The Morgan fingerprint density at radius 1 is 1.19 bits per heavy atom. The van der Waals surface area contributed by atoms with E-state index in [-0.39, 0.29) is 29.0 Å². The number of methoxy groups -OCH3 is 1. The first-order valence-corrected chi connectivity index (χ1v) is 12.1. The molecule has 190 valence electrons. The molecule has 2 aromatic carbocycles. The Bertz CT molecular complexity index is 1280. The van der Waals surface area contributed by atoms with Gasteiger partial charge in [-0.1, -0.05) is 43.3 Å². The van der Waals surface area contributed by atoms with Crippen molar-refractivity contribution in [1.82, 2.24) is 20.1 Å². The molecular weight excluding hydrogens is 484 g/mol. The summed E-state index contributed by atoms with van der Waals surface area (Å²) in [6.07, 6.45) is 0. The maximum absolute atomic E-state index is 12.8. The molecule has 0 aliphatic heterocycles. The molecule has 0 bridgehead atoms. The fraction of sp³-hybridized carbons (Fsp3) is 0.333. The van der Waals surface area contributed by atoms with E-state index < -0.39 is 16.9 Å². The number of hydrogen-bond acceptors (Lipinski definition) is 8. The number of carbonyl (C=O) groups is 2. The molecule has 3 aromatic rings. The molecule has 2 N–H and O–H groups in total. The minimum atomic E-state index is -0.586. The van der Waals surface area contributed by atoms with Crippen LogP contribution >= 0.6 is 11.8 Å². The molecule has 0 spiro atoms. The SMILES string of the molecule is COc1ccc(NC(=O)CSc2nnc([C@@H](NC(=O)c3cccc(C)c3)C(C)C)n2C)c([N+](=O)[O-])c1. The molecule has 36 heavy (non-hydrogen) atoms. The molecule has 3 rings (SSSR count). The first-order valence-electron chi connectivity index (χ1n) is 11.1. The number of aromatic nitrogens is 3. The van der Waals surface area contributed by atoms with E-state index in [2.05, 4.69) is 20.8 Å². The summed E-state index contributed by atoms with van der Waals surface area (Å²) in [6.45, 7) is 5.86. The topological polar surface area (TPSA) is 141 Å². The van der Waals surface area contributed by atoms with Gasteiger partial charge >= 0.3 is 0 Å². The van der Waals surface area contributed by atoms with E-state index in [4.69, 9.17) is 4.74 Å². The van der Waals surface area contributed by atoms with E-state index in [1.807, 2.05) is 39.0 Å². The van der Waals surface area contributed by atoms with Crippen molar-refractivity contribution in [3.05, 3.63) is 69.5 Å². The highest BCUT2D eigenvalue weighted by molar-refractivity contribution is 7.99. The zero-order chi connectivity index (χ0) is 26.4. The smallest absolute Gasteiger partial charge is 0.296 e. The van der Waals surface area contributed by atoms with Crippen LogP contribution in [-0.2, 0) is 11.8 Å². The predicted octanol–water partition coefficient (Wildman–Crippen LogP) is 3.90. The molecule has 1 heterocycles. The highest BCUT2D eigenvalue weighted by Crippen LogP contribution is 2.29. The standard InChI is InChI=1S/C24H28N6O5S/c1-14(2)21(26-23(32)16-8-6-7-15(3)11-16)22-27-28-24(29(22)4)36-13-20(31)25-18-10-9-17(35-5)12-19(18)30(33)34/h6-12,14,21H,13H2,1-5H3,(H,25,31)(H,26,32)/t21-/m0/s1. The molecule has 0 saturated carbocycles.